The molecular weight excluding hydrogens is 430 g/mol. The SMILES string of the molecule is CCc1cc2ncc(CN3CCN(N(F)F)CC3)cc2[nH]c1=O.Cc1ccccc1C(N)=O. The molecule has 0 aliphatic carbocycles. The van der Waals surface area contributed by atoms with Gasteiger partial charge in [0.05, 0.1) is 16.5 Å². The Balaban J connectivity index is 0.000000257. The number of fused-ring (bicyclic) bond motifs is 1. The van der Waals surface area contributed by atoms with E-state index in [1.54, 1.807) is 18.3 Å². The highest BCUT2D eigenvalue weighted by Crippen LogP contribution is 2.14. The number of hydrogen-bond acceptors (Lipinski definition) is 6. The fraction of sp³-hybridized carbons (Fsp3) is 0.348. The first-order valence-electron chi connectivity index (χ1n) is 10.7. The number of aromatic nitrogens is 2. The Morgan fingerprint density at radius 1 is 1.18 bits per heavy atom. The Kier molecular flexibility index (Phi) is 8.21. The first-order valence-corrected chi connectivity index (χ1v) is 10.7. The number of piperazine rings is 1. The highest BCUT2D eigenvalue weighted by molar-refractivity contribution is 5.94. The minimum Gasteiger partial charge on any atom is -0.366 e. The summed E-state index contributed by atoms with van der Waals surface area (Å²) in [6, 6.07) is 11.0. The van der Waals surface area contributed by atoms with Gasteiger partial charge in [0.25, 0.3) is 5.56 Å². The average molecular weight is 459 g/mol. The summed E-state index contributed by atoms with van der Waals surface area (Å²) in [5, 5.41) is 1.01. The third-order valence-corrected chi connectivity index (χ3v) is 5.59. The molecule has 0 saturated carbocycles. The highest BCUT2D eigenvalue weighted by Gasteiger charge is 2.22. The summed E-state index contributed by atoms with van der Waals surface area (Å²) in [6.45, 7) is 6.14. The molecule has 1 aliphatic heterocycles. The number of pyridine rings is 2. The number of nitrogens with one attached hydrogen (secondary N) is 1. The van der Waals surface area contributed by atoms with Gasteiger partial charge in [0.1, 0.15) is 0 Å². The number of halogens is 2. The number of aromatic amines is 1. The van der Waals surface area contributed by atoms with Gasteiger partial charge in [-0.25, -0.2) is 0 Å². The molecule has 33 heavy (non-hydrogen) atoms. The topological polar surface area (TPSA) is 98.6 Å². The van der Waals surface area contributed by atoms with Gasteiger partial charge in [-0.05, 0) is 42.7 Å². The maximum atomic E-state index is 12.4. The molecule has 1 aliphatic rings. The number of hydrogen-bond donors (Lipinski definition) is 2. The van der Waals surface area contributed by atoms with Crippen LogP contribution < -0.4 is 11.3 Å². The lowest BCUT2D eigenvalue weighted by molar-refractivity contribution is -0.307. The van der Waals surface area contributed by atoms with Gasteiger partial charge >= 0.3 is 0 Å². The number of rotatable bonds is 5. The van der Waals surface area contributed by atoms with Crippen LogP contribution in [0.25, 0.3) is 11.0 Å². The third kappa shape index (κ3) is 6.41. The smallest absolute Gasteiger partial charge is 0.251 e. The molecule has 0 radical (unpaired) electrons. The first kappa shape index (κ1) is 24.4. The summed E-state index contributed by atoms with van der Waals surface area (Å²) in [4.78, 5) is 31.9. The van der Waals surface area contributed by atoms with E-state index in [9.17, 15) is 18.6 Å². The normalized spacial score (nSPS) is 14.8. The van der Waals surface area contributed by atoms with Gasteiger partial charge in [0, 0.05) is 50.0 Å². The van der Waals surface area contributed by atoms with Crippen LogP contribution in [0.5, 0.6) is 0 Å². The van der Waals surface area contributed by atoms with Gasteiger partial charge in [-0.15, -0.1) is 0 Å². The van der Waals surface area contributed by atoms with Gasteiger partial charge in [-0.3, -0.25) is 19.5 Å². The predicted molar refractivity (Wildman–Crippen MR) is 122 cm³/mol. The number of benzene rings is 1. The van der Waals surface area contributed by atoms with Crippen LogP contribution in [0.1, 0.15) is 34.0 Å². The van der Waals surface area contributed by atoms with Crippen molar-refractivity contribution in [1.82, 2.24) is 25.3 Å². The molecule has 1 fully saturated rings. The molecule has 0 bridgehead atoms. The summed E-state index contributed by atoms with van der Waals surface area (Å²) in [6.07, 6.45) is 2.45. The molecule has 2 aromatic heterocycles. The summed E-state index contributed by atoms with van der Waals surface area (Å²) in [5.41, 5.74) is 8.83. The van der Waals surface area contributed by atoms with Crippen molar-refractivity contribution in [3.63, 3.8) is 0 Å². The van der Waals surface area contributed by atoms with E-state index < -0.39 is 5.45 Å². The molecule has 1 aromatic carbocycles. The van der Waals surface area contributed by atoms with E-state index >= 15 is 0 Å². The van der Waals surface area contributed by atoms with Crippen molar-refractivity contribution in [3.05, 3.63) is 75.2 Å². The lowest BCUT2D eigenvalue weighted by Crippen LogP contribution is -2.48. The minimum atomic E-state index is -0.842. The van der Waals surface area contributed by atoms with E-state index in [4.69, 9.17) is 5.73 Å². The number of primary amides is 1. The van der Waals surface area contributed by atoms with Crippen molar-refractivity contribution in [2.75, 3.05) is 26.2 Å². The van der Waals surface area contributed by atoms with Gasteiger partial charge in [-0.1, -0.05) is 34.1 Å². The standard InChI is InChI=1S/C15H19F2N5O.C8H9NO/c1-2-12-8-13-14(19-15(12)23)7-11(9-18-13)10-20-3-5-21(6-4-20)22(16)17;1-6-4-2-3-5-7(6)8(9)10/h7-9H,2-6,10H2,1H3,(H,19,23);2-5H,1H3,(H2,9,10). The number of nitrogens with zero attached hydrogens (tertiary/aromatic N) is 4. The van der Waals surface area contributed by atoms with E-state index in [0.29, 0.717) is 50.2 Å². The van der Waals surface area contributed by atoms with Crippen molar-refractivity contribution in [3.8, 4) is 0 Å². The van der Waals surface area contributed by atoms with Crippen LogP contribution in [0, 0.1) is 6.92 Å². The minimum absolute atomic E-state index is 0.0847. The van der Waals surface area contributed by atoms with Crippen molar-refractivity contribution in [2.24, 2.45) is 5.73 Å². The van der Waals surface area contributed by atoms with Crippen LogP contribution in [-0.2, 0) is 13.0 Å². The number of H-pyrrole nitrogens is 1. The number of carbonyl (C=O) groups is 1. The number of aryl methyl sites for hydroxylation is 2. The molecule has 0 spiro atoms. The first-order chi connectivity index (χ1) is 15.8. The summed E-state index contributed by atoms with van der Waals surface area (Å²) in [7, 11) is 0. The monoisotopic (exact) mass is 458 g/mol. The van der Waals surface area contributed by atoms with E-state index in [1.807, 2.05) is 38.1 Å². The van der Waals surface area contributed by atoms with Crippen LogP contribution in [-0.4, -0.2) is 57.4 Å². The molecule has 3 aromatic rings. The Bertz CT molecular complexity index is 1160. The number of amides is 1. The fourth-order valence-corrected chi connectivity index (χ4v) is 3.67. The van der Waals surface area contributed by atoms with Crippen molar-refractivity contribution in [1.29, 1.82) is 0 Å². The third-order valence-electron chi connectivity index (χ3n) is 5.59. The molecule has 0 unspecified atom stereocenters. The molecule has 0 atom stereocenters. The van der Waals surface area contributed by atoms with Crippen LogP contribution in [0.4, 0.5) is 8.96 Å². The van der Waals surface area contributed by atoms with Gasteiger partial charge in [0.2, 0.25) is 5.91 Å². The van der Waals surface area contributed by atoms with Crippen LogP contribution in [0.15, 0.2) is 47.4 Å². The van der Waals surface area contributed by atoms with Crippen molar-refractivity contribution in [2.45, 2.75) is 26.8 Å². The Morgan fingerprint density at radius 3 is 2.45 bits per heavy atom. The Morgan fingerprint density at radius 2 is 1.88 bits per heavy atom. The molecule has 1 saturated heterocycles. The largest absolute Gasteiger partial charge is 0.366 e. The number of hydrazine groups is 1. The van der Waals surface area contributed by atoms with E-state index in [0.717, 1.165) is 27.2 Å². The second-order valence-electron chi connectivity index (χ2n) is 7.88. The highest BCUT2D eigenvalue weighted by atomic mass is 19.4. The zero-order chi connectivity index (χ0) is 24.0. The maximum absolute atomic E-state index is 12.4. The lowest BCUT2D eigenvalue weighted by atomic mass is 10.1. The van der Waals surface area contributed by atoms with Crippen LogP contribution >= 0.6 is 0 Å². The summed E-state index contributed by atoms with van der Waals surface area (Å²) in [5.74, 6) is -0.363. The number of nitrogens with two attached hydrogens (primary N) is 1. The predicted octanol–water partition coefficient (Wildman–Crippen LogP) is 2.68. The maximum Gasteiger partial charge on any atom is 0.251 e. The summed E-state index contributed by atoms with van der Waals surface area (Å²) >= 11 is 0. The van der Waals surface area contributed by atoms with Crippen molar-refractivity contribution >= 4 is 16.9 Å². The zero-order valence-corrected chi connectivity index (χ0v) is 18.7. The average Bonchev–Trinajstić information content (AvgIpc) is 2.79. The quantitative estimate of drug-likeness (QED) is 0.571. The Labute approximate surface area is 190 Å². The van der Waals surface area contributed by atoms with Crippen molar-refractivity contribution < 1.29 is 13.8 Å². The Hall–Kier alpha value is -3.21. The molecule has 3 N–H and O–H groups in total. The van der Waals surface area contributed by atoms with E-state index in [-0.39, 0.29) is 11.5 Å². The second kappa shape index (κ2) is 11.1. The molecule has 1 amide bonds. The molecule has 176 valence electrons. The van der Waals surface area contributed by atoms with E-state index in [1.165, 1.54) is 0 Å². The van der Waals surface area contributed by atoms with Crippen LogP contribution in [0.3, 0.4) is 0 Å². The van der Waals surface area contributed by atoms with Crippen LogP contribution in [0.2, 0.25) is 0 Å². The second-order valence-corrected chi connectivity index (χ2v) is 7.88. The lowest BCUT2D eigenvalue weighted by Gasteiger charge is -2.33. The summed E-state index contributed by atoms with van der Waals surface area (Å²) < 4.78 is 24.9. The fourth-order valence-electron chi connectivity index (χ4n) is 3.67. The molecule has 4 rings (SSSR count). The molecule has 10 heteroatoms. The molecular formula is C23H28F2N6O2. The zero-order valence-electron chi connectivity index (χ0n) is 18.7. The van der Waals surface area contributed by atoms with Gasteiger partial charge in [-0.2, -0.15) is 5.01 Å². The molecule has 3 heterocycles. The van der Waals surface area contributed by atoms with E-state index in [2.05, 4.69) is 14.9 Å². The van der Waals surface area contributed by atoms with Gasteiger partial charge in [0.15, 0.2) is 0 Å². The van der Waals surface area contributed by atoms with Gasteiger partial charge < -0.3 is 10.7 Å². The number of carbonyl (C=O) groups excluding carboxylic acids is 1. The molecule has 8 nitrogen and oxygen atoms in total.